The fraction of sp³-hybridized carbons (Fsp3) is 0.143. The maximum atomic E-state index is 2.74. The monoisotopic (exact) mass is 660 g/mol. The summed E-state index contributed by atoms with van der Waals surface area (Å²) in [6.45, 7) is 7.25. The van der Waals surface area contributed by atoms with Gasteiger partial charge in [-0.25, -0.2) is 0 Å². The van der Waals surface area contributed by atoms with Gasteiger partial charge in [0.05, 0.1) is 0 Å². The third kappa shape index (κ3) is 4.11. The number of allylic oxidation sites excluding steroid dienone is 2. The molecule has 2 heteroatoms. The summed E-state index contributed by atoms with van der Waals surface area (Å²) in [6, 6.07) is 45.3. The molecule has 44 heavy (non-hydrogen) atoms. The van der Waals surface area contributed by atoms with Gasteiger partial charge in [-0.2, -0.15) is 0 Å². The first-order valence-corrected chi connectivity index (χ1v) is 29.5. The molecule has 2 unspecified atom stereocenters. The van der Waals surface area contributed by atoms with E-state index in [1.807, 2.05) is 0 Å². The van der Waals surface area contributed by atoms with Crippen LogP contribution in [0.15, 0.2) is 132 Å². The van der Waals surface area contributed by atoms with Crippen LogP contribution >= 0.6 is 0 Å². The van der Waals surface area contributed by atoms with Crippen molar-refractivity contribution in [2.75, 3.05) is 0 Å². The van der Waals surface area contributed by atoms with Gasteiger partial charge in [0, 0.05) is 0 Å². The summed E-state index contributed by atoms with van der Waals surface area (Å²) in [7, 11) is 0. The first-order valence-electron chi connectivity index (χ1n) is 15.9. The Balaban J connectivity index is 1.28. The Kier molecular flexibility index (Phi) is 6.33. The summed E-state index contributed by atoms with van der Waals surface area (Å²) in [5, 5.41) is 5.27. The zero-order valence-electron chi connectivity index (χ0n) is 26.1. The standard InChI is InChI=1S/2C20H15.2CH3.H2Si.Zr/c2*1-14-12-16-8-5-11-19(20(16)13-14)18-10-4-7-15-6-2-3-9-17(15)18;;;;/h2*2-13H,1H3;2*1H3;1H2;. The minimum atomic E-state index is -3.62. The van der Waals surface area contributed by atoms with Crippen LogP contribution in [0.5, 0.6) is 0 Å². The average Bonchev–Trinajstić information content (AvgIpc) is 3.57. The SMILES string of the molecule is CC1=Cc2c(-c3cccc4ccccc34)cccc2[CH]1[Zr]([CH3])([CH3])(=[SiH2])[CH]1C(C)=Cc2c(-c3cccc4ccccc34)cccc21. The minimum absolute atomic E-state index is 0.500. The molecule has 0 heterocycles. The third-order valence-electron chi connectivity index (χ3n) is 10.6. The maximum absolute atomic E-state index is 3.62. The van der Waals surface area contributed by atoms with Crippen molar-refractivity contribution in [3.05, 3.63) is 155 Å². The predicted octanol–water partition coefficient (Wildman–Crippen LogP) is 11.3. The van der Waals surface area contributed by atoms with E-state index in [0.29, 0.717) is 7.25 Å². The molecular formula is C42H38SiZr. The van der Waals surface area contributed by atoms with E-state index < -0.39 is 17.4 Å². The number of rotatable bonds is 4. The number of hydrogen-bond donors (Lipinski definition) is 0. The molecule has 0 amide bonds. The summed E-state index contributed by atoms with van der Waals surface area (Å²) in [5.41, 5.74) is 14.5. The van der Waals surface area contributed by atoms with E-state index in [-0.39, 0.29) is 0 Å². The number of fused-ring (bicyclic) bond motifs is 4. The Morgan fingerprint density at radius 1 is 0.455 bits per heavy atom. The Morgan fingerprint density at radius 2 is 0.818 bits per heavy atom. The second-order valence-electron chi connectivity index (χ2n) is 14.2. The van der Waals surface area contributed by atoms with Crippen molar-refractivity contribution in [1.82, 2.24) is 0 Å². The number of benzene rings is 6. The van der Waals surface area contributed by atoms with Gasteiger partial charge in [0.2, 0.25) is 0 Å². The quantitative estimate of drug-likeness (QED) is 0.165. The van der Waals surface area contributed by atoms with Gasteiger partial charge >= 0.3 is 265 Å². The van der Waals surface area contributed by atoms with E-state index in [1.54, 1.807) is 22.3 Å². The van der Waals surface area contributed by atoms with Gasteiger partial charge in [-0.3, -0.25) is 0 Å². The van der Waals surface area contributed by atoms with E-state index >= 15 is 0 Å². The van der Waals surface area contributed by atoms with Gasteiger partial charge in [0.1, 0.15) is 0 Å². The molecule has 0 N–H and O–H groups in total. The van der Waals surface area contributed by atoms with Crippen LogP contribution < -0.4 is 0 Å². The fourth-order valence-corrected chi connectivity index (χ4v) is 30.4. The van der Waals surface area contributed by atoms with Crippen molar-refractivity contribution in [3.8, 4) is 22.3 Å². The van der Waals surface area contributed by atoms with Crippen molar-refractivity contribution >= 4 is 40.6 Å². The van der Waals surface area contributed by atoms with E-state index in [4.69, 9.17) is 0 Å². The molecule has 2 atom stereocenters. The molecule has 8 rings (SSSR count). The van der Waals surface area contributed by atoms with Crippen LogP contribution in [0.4, 0.5) is 0 Å². The normalized spacial score (nSPS) is 17.8. The summed E-state index contributed by atoms with van der Waals surface area (Å²) in [5.74, 6) is 0. The van der Waals surface area contributed by atoms with Crippen molar-refractivity contribution < 1.29 is 17.4 Å². The molecule has 0 radical (unpaired) electrons. The second-order valence-corrected chi connectivity index (χ2v) is 44.7. The van der Waals surface area contributed by atoms with Crippen molar-refractivity contribution in [2.45, 2.75) is 30.4 Å². The molecule has 0 spiro atoms. The zero-order chi connectivity index (χ0) is 30.2. The Hall–Kier alpha value is -3.58. The van der Waals surface area contributed by atoms with E-state index in [0.717, 1.165) is 0 Å². The topological polar surface area (TPSA) is 0 Å². The Bertz CT molecular complexity index is 2130. The molecule has 6 aromatic rings. The van der Waals surface area contributed by atoms with Crippen LogP contribution in [0.2, 0.25) is 9.26 Å². The predicted molar refractivity (Wildman–Crippen MR) is 192 cm³/mol. The first kappa shape index (κ1) is 27.9. The molecule has 0 aliphatic heterocycles. The second kappa shape index (κ2) is 9.96. The summed E-state index contributed by atoms with van der Waals surface area (Å²) in [4.78, 5) is 0. The van der Waals surface area contributed by atoms with Crippen LogP contribution in [0.25, 0.3) is 56.0 Å². The molecule has 0 fully saturated rings. The molecule has 0 nitrogen and oxygen atoms in total. The molecule has 6 aromatic carbocycles. The van der Waals surface area contributed by atoms with Gasteiger partial charge in [-0.15, -0.1) is 0 Å². The van der Waals surface area contributed by atoms with Crippen LogP contribution in [0, 0.1) is 0 Å². The van der Waals surface area contributed by atoms with E-state index in [1.165, 1.54) is 54.9 Å². The van der Waals surface area contributed by atoms with Crippen LogP contribution in [0.3, 0.4) is 0 Å². The van der Waals surface area contributed by atoms with Gasteiger partial charge in [-0.1, -0.05) is 0 Å². The van der Waals surface area contributed by atoms with Crippen LogP contribution in [0.1, 0.15) is 43.4 Å². The van der Waals surface area contributed by atoms with Crippen LogP contribution in [-0.4, -0.2) is 6.88 Å². The van der Waals surface area contributed by atoms with Gasteiger partial charge in [-0.05, 0) is 0 Å². The molecule has 0 saturated carbocycles. The average molecular weight is 662 g/mol. The summed E-state index contributed by atoms with van der Waals surface area (Å²) >= 11 is -3.62. The van der Waals surface area contributed by atoms with Crippen molar-refractivity contribution in [1.29, 1.82) is 0 Å². The van der Waals surface area contributed by atoms with Crippen molar-refractivity contribution in [3.63, 3.8) is 0 Å². The summed E-state index contributed by atoms with van der Waals surface area (Å²) in [6.07, 6.45) is 5.07. The van der Waals surface area contributed by atoms with Gasteiger partial charge in [0.25, 0.3) is 0 Å². The Labute approximate surface area is 263 Å². The summed E-state index contributed by atoms with van der Waals surface area (Å²) < 4.78 is 6.48. The molecule has 2 aliphatic rings. The van der Waals surface area contributed by atoms with Gasteiger partial charge < -0.3 is 0 Å². The molecule has 0 aromatic heterocycles. The van der Waals surface area contributed by atoms with Crippen molar-refractivity contribution in [2.24, 2.45) is 0 Å². The third-order valence-corrected chi connectivity index (χ3v) is 28.5. The van der Waals surface area contributed by atoms with Gasteiger partial charge in [0.15, 0.2) is 0 Å². The molecule has 0 saturated heterocycles. The fourth-order valence-electron chi connectivity index (χ4n) is 9.18. The first-order chi connectivity index (χ1) is 21.2. The van der Waals surface area contributed by atoms with Crippen LogP contribution in [-0.2, 0) is 17.4 Å². The molecule has 214 valence electrons. The van der Waals surface area contributed by atoms with E-state index in [9.17, 15) is 0 Å². The van der Waals surface area contributed by atoms with E-state index in [2.05, 4.69) is 163 Å². The molecular weight excluding hydrogens is 624 g/mol. The number of hydrogen-bond acceptors (Lipinski definition) is 0. The molecule has 0 bridgehead atoms. The molecule has 2 aliphatic carbocycles. The Morgan fingerprint density at radius 3 is 1.27 bits per heavy atom. The zero-order valence-corrected chi connectivity index (χ0v) is 29.9.